The topological polar surface area (TPSA) is 40.2 Å². The van der Waals surface area contributed by atoms with Gasteiger partial charge >= 0.3 is 0 Å². The molecular formula is C17H23NO4. The summed E-state index contributed by atoms with van der Waals surface area (Å²) in [4.78, 5) is 2.52. The Hall–Kier alpha value is -1.30. The first kappa shape index (κ1) is 14.3. The number of benzene rings is 1. The van der Waals surface area contributed by atoms with Crippen molar-refractivity contribution in [3.63, 3.8) is 0 Å². The second-order valence-corrected chi connectivity index (χ2v) is 6.57. The first-order chi connectivity index (χ1) is 10.8. The van der Waals surface area contributed by atoms with Crippen molar-refractivity contribution in [1.29, 1.82) is 0 Å². The summed E-state index contributed by atoms with van der Waals surface area (Å²) in [6.45, 7) is 8.75. The Labute approximate surface area is 131 Å². The van der Waals surface area contributed by atoms with E-state index in [1.807, 2.05) is 6.07 Å². The zero-order valence-electron chi connectivity index (χ0n) is 13.0. The molecule has 1 aromatic rings. The fourth-order valence-corrected chi connectivity index (χ4v) is 3.87. The van der Waals surface area contributed by atoms with Gasteiger partial charge in [-0.15, -0.1) is 0 Å². The first-order valence-corrected chi connectivity index (χ1v) is 8.05. The number of hydrogen-bond donors (Lipinski definition) is 0. The lowest BCUT2D eigenvalue weighted by atomic mass is 9.82. The van der Waals surface area contributed by atoms with E-state index in [9.17, 15) is 0 Å². The molecular weight excluding hydrogens is 282 g/mol. The van der Waals surface area contributed by atoms with Crippen molar-refractivity contribution in [2.45, 2.75) is 13.5 Å². The largest absolute Gasteiger partial charge is 0.454 e. The van der Waals surface area contributed by atoms with Gasteiger partial charge in [-0.3, -0.25) is 4.90 Å². The smallest absolute Gasteiger partial charge is 0.231 e. The van der Waals surface area contributed by atoms with Gasteiger partial charge in [-0.2, -0.15) is 0 Å². The third-order valence-corrected chi connectivity index (χ3v) is 5.03. The minimum absolute atomic E-state index is 0.187. The molecule has 0 aromatic heterocycles. The monoisotopic (exact) mass is 305 g/mol. The minimum Gasteiger partial charge on any atom is -0.454 e. The summed E-state index contributed by atoms with van der Waals surface area (Å²) in [5, 5.41) is 0. The van der Waals surface area contributed by atoms with Gasteiger partial charge in [-0.1, -0.05) is 6.07 Å². The molecule has 0 N–H and O–H groups in total. The van der Waals surface area contributed by atoms with Crippen molar-refractivity contribution in [2.75, 3.05) is 46.3 Å². The predicted octanol–water partition coefficient (Wildman–Crippen LogP) is 1.90. The Kier molecular flexibility index (Phi) is 3.72. The van der Waals surface area contributed by atoms with Gasteiger partial charge in [0.1, 0.15) is 0 Å². The fourth-order valence-electron chi connectivity index (χ4n) is 3.87. The third kappa shape index (κ3) is 2.47. The fraction of sp³-hybridized carbons (Fsp3) is 0.647. The van der Waals surface area contributed by atoms with Crippen LogP contribution in [0.3, 0.4) is 0 Å². The van der Waals surface area contributed by atoms with Crippen LogP contribution in [0.2, 0.25) is 0 Å². The number of fused-ring (bicyclic) bond motifs is 2. The second kappa shape index (κ2) is 5.72. The highest BCUT2D eigenvalue weighted by Crippen LogP contribution is 2.42. The maximum atomic E-state index is 5.74. The molecule has 5 heteroatoms. The molecule has 4 rings (SSSR count). The number of hydrogen-bond acceptors (Lipinski definition) is 5. The van der Waals surface area contributed by atoms with E-state index < -0.39 is 0 Å². The Morgan fingerprint density at radius 3 is 3.14 bits per heavy atom. The van der Waals surface area contributed by atoms with Crippen LogP contribution in [0.5, 0.6) is 11.5 Å². The first-order valence-electron chi connectivity index (χ1n) is 8.05. The standard InChI is InChI=1S/C17H23NO4/c1-2-19-10-17-9-18(7-14(17)8-20-11-17)6-13-3-4-15-16(5-13)22-12-21-15/h3-5,14H,2,6-12H2,1H3/t14-,17-/m0/s1. The summed E-state index contributed by atoms with van der Waals surface area (Å²) in [6.07, 6.45) is 0. The van der Waals surface area contributed by atoms with Crippen LogP contribution in [-0.2, 0) is 16.0 Å². The molecule has 3 aliphatic heterocycles. The van der Waals surface area contributed by atoms with Crippen molar-refractivity contribution >= 4 is 0 Å². The molecule has 1 aromatic carbocycles. The van der Waals surface area contributed by atoms with Crippen LogP contribution in [0, 0.1) is 11.3 Å². The highest BCUT2D eigenvalue weighted by molar-refractivity contribution is 5.44. The van der Waals surface area contributed by atoms with Crippen molar-refractivity contribution in [3.05, 3.63) is 23.8 Å². The van der Waals surface area contributed by atoms with E-state index in [1.165, 1.54) is 5.56 Å². The van der Waals surface area contributed by atoms with Gasteiger partial charge < -0.3 is 18.9 Å². The van der Waals surface area contributed by atoms with Crippen molar-refractivity contribution in [1.82, 2.24) is 4.90 Å². The van der Waals surface area contributed by atoms with Gasteiger partial charge in [0.25, 0.3) is 0 Å². The van der Waals surface area contributed by atoms with E-state index in [2.05, 4.69) is 24.0 Å². The number of nitrogens with zero attached hydrogens (tertiary/aromatic N) is 1. The average molecular weight is 305 g/mol. The van der Waals surface area contributed by atoms with Crippen LogP contribution in [0.25, 0.3) is 0 Å². The molecule has 5 nitrogen and oxygen atoms in total. The van der Waals surface area contributed by atoms with Crippen LogP contribution in [0.4, 0.5) is 0 Å². The summed E-state index contributed by atoms with van der Waals surface area (Å²) in [5.41, 5.74) is 1.46. The molecule has 0 spiro atoms. The lowest BCUT2D eigenvalue weighted by Crippen LogP contribution is -2.35. The van der Waals surface area contributed by atoms with Gasteiger partial charge in [0.15, 0.2) is 11.5 Å². The van der Waals surface area contributed by atoms with E-state index in [0.717, 1.165) is 57.6 Å². The Balaban J connectivity index is 1.44. The van der Waals surface area contributed by atoms with Gasteiger partial charge in [-0.25, -0.2) is 0 Å². The van der Waals surface area contributed by atoms with Crippen molar-refractivity contribution < 1.29 is 18.9 Å². The lowest BCUT2D eigenvalue weighted by molar-refractivity contribution is 0.0323. The molecule has 120 valence electrons. The van der Waals surface area contributed by atoms with Gasteiger partial charge in [-0.05, 0) is 24.6 Å². The van der Waals surface area contributed by atoms with Crippen LogP contribution >= 0.6 is 0 Å². The quantitative estimate of drug-likeness (QED) is 0.831. The van der Waals surface area contributed by atoms with Crippen molar-refractivity contribution in [3.8, 4) is 11.5 Å². The predicted molar refractivity (Wildman–Crippen MR) is 81.1 cm³/mol. The molecule has 0 saturated carbocycles. The van der Waals surface area contributed by atoms with E-state index in [-0.39, 0.29) is 5.41 Å². The Morgan fingerprint density at radius 2 is 2.23 bits per heavy atom. The van der Waals surface area contributed by atoms with Gasteiger partial charge in [0.05, 0.1) is 19.8 Å². The molecule has 2 saturated heterocycles. The maximum absolute atomic E-state index is 5.74. The zero-order valence-corrected chi connectivity index (χ0v) is 13.0. The average Bonchev–Trinajstić information content (AvgIpc) is 3.18. The minimum atomic E-state index is 0.187. The Morgan fingerprint density at radius 1 is 1.32 bits per heavy atom. The summed E-state index contributed by atoms with van der Waals surface area (Å²) in [6, 6.07) is 6.24. The normalized spacial score (nSPS) is 30.0. The highest BCUT2D eigenvalue weighted by Gasteiger charge is 2.50. The molecule has 0 unspecified atom stereocenters. The highest BCUT2D eigenvalue weighted by atomic mass is 16.7. The van der Waals surface area contributed by atoms with Crippen LogP contribution in [0.15, 0.2) is 18.2 Å². The third-order valence-electron chi connectivity index (χ3n) is 5.03. The van der Waals surface area contributed by atoms with E-state index in [4.69, 9.17) is 18.9 Å². The summed E-state index contributed by atoms with van der Waals surface area (Å²) < 4.78 is 22.3. The molecule has 3 aliphatic rings. The number of likely N-dealkylation sites (tertiary alicyclic amines) is 1. The summed E-state index contributed by atoms with van der Waals surface area (Å²) in [5.74, 6) is 2.31. The SMILES string of the molecule is CCOC[C@@]12COC[C@@H]1CN(Cc1ccc3c(c1)OCO3)C2. The van der Waals surface area contributed by atoms with Crippen LogP contribution in [0.1, 0.15) is 12.5 Å². The Bertz CT molecular complexity index is 549. The van der Waals surface area contributed by atoms with Crippen molar-refractivity contribution in [2.24, 2.45) is 11.3 Å². The molecule has 2 atom stereocenters. The molecule has 0 amide bonds. The van der Waals surface area contributed by atoms with Gasteiger partial charge in [0, 0.05) is 37.6 Å². The van der Waals surface area contributed by atoms with E-state index in [0.29, 0.717) is 12.7 Å². The van der Waals surface area contributed by atoms with Crippen LogP contribution < -0.4 is 9.47 Å². The van der Waals surface area contributed by atoms with E-state index >= 15 is 0 Å². The maximum Gasteiger partial charge on any atom is 0.231 e. The molecule has 22 heavy (non-hydrogen) atoms. The molecule has 0 bridgehead atoms. The summed E-state index contributed by atoms with van der Waals surface area (Å²) in [7, 11) is 0. The number of ether oxygens (including phenoxy) is 4. The molecule has 3 heterocycles. The zero-order chi connectivity index (χ0) is 15.0. The van der Waals surface area contributed by atoms with E-state index in [1.54, 1.807) is 0 Å². The molecule has 0 radical (unpaired) electrons. The number of rotatable bonds is 5. The molecule has 2 fully saturated rings. The lowest BCUT2D eigenvalue weighted by Gasteiger charge is -2.26. The second-order valence-electron chi connectivity index (χ2n) is 6.57. The van der Waals surface area contributed by atoms with Crippen LogP contribution in [-0.4, -0.2) is 51.2 Å². The summed E-state index contributed by atoms with van der Waals surface area (Å²) >= 11 is 0. The van der Waals surface area contributed by atoms with Gasteiger partial charge in [0.2, 0.25) is 6.79 Å². The molecule has 0 aliphatic carbocycles.